The zero-order valence-corrected chi connectivity index (χ0v) is 11.6. The van der Waals surface area contributed by atoms with E-state index in [9.17, 15) is 5.11 Å². The summed E-state index contributed by atoms with van der Waals surface area (Å²) >= 11 is 0. The molecule has 0 amide bonds. The Kier molecular flexibility index (Phi) is 3.36. The number of rotatable bonds is 5. The van der Waals surface area contributed by atoms with Crippen molar-refractivity contribution in [2.45, 2.75) is 25.0 Å². The summed E-state index contributed by atoms with van der Waals surface area (Å²) in [6, 6.07) is 5.93. The number of imidazole rings is 1. The van der Waals surface area contributed by atoms with Gasteiger partial charge in [-0.3, -0.25) is 0 Å². The van der Waals surface area contributed by atoms with Crippen molar-refractivity contribution >= 4 is 0 Å². The lowest BCUT2D eigenvalue weighted by Crippen LogP contribution is -2.07. The smallest absolute Gasteiger partial charge is 0.161 e. The molecule has 1 heterocycles. The van der Waals surface area contributed by atoms with Crippen LogP contribution in [0.1, 0.15) is 36.2 Å². The van der Waals surface area contributed by atoms with Gasteiger partial charge in [0.15, 0.2) is 11.5 Å². The number of hydrogen-bond donors (Lipinski definition) is 1. The highest BCUT2D eigenvalue weighted by Gasteiger charge is 2.28. The molecule has 3 rings (SSSR count). The Labute approximate surface area is 117 Å². The minimum atomic E-state index is -0.710. The molecular weight excluding hydrogens is 256 g/mol. The van der Waals surface area contributed by atoms with Crippen LogP contribution in [0.5, 0.6) is 11.5 Å². The Morgan fingerprint density at radius 2 is 2.00 bits per heavy atom. The first-order valence-corrected chi connectivity index (χ1v) is 6.66. The number of benzene rings is 1. The average molecular weight is 274 g/mol. The van der Waals surface area contributed by atoms with E-state index in [0.29, 0.717) is 17.5 Å². The molecule has 106 valence electrons. The lowest BCUT2D eigenvalue weighted by atomic mass is 10.1. The van der Waals surface area contributed by atoms with Crippen LogP contribution in [0, 0.1) is 0 Å². The van der Waals surface area contributed by atoms with Gasteiger partial charge in [0.1, 0.15) is 6.10 Å². The molecule has 1 aliphatic carbocycles. The summed E-state index contributed by atoms with van der Waals surface area (Å²) in [5.74, 6) is 1.26. The van der Waals surface area contributed by atoms with E-state index in [-0.39, 0.29) is 0 Å². The molecule has 1 fully saturated rings. The highest BCUT2D eigenvalue weighted by molar-refractivity contribution is 5.44. The minimum Gasteiger partial charge on any atom is -0.493 e. The first-order chi connectivity index (χ1) is 9.74. The van der Waals surface area contributed by atoms with E-state index in [2.05, 4.69) is 9.55 Å². The second-order valence-electron chi connectivity index (χ2n) is 4.97. The van der Waals surface area contributed by atoms with Crippen molar-refractivity contribution in [3.05, 3.63) is 42.0 Å². The number of aromatic nitrogens is 2. The number of methoxy groups -OCH3 is 2. The van der Waals surface area contributed by atoms with Gasteiger partial charge in [-0.05, 0) is 30.5 Å². The van der Waals surface area contributed by atoms with Crippen LogP contribution < -0.4 is 9.47 Å². The SMILES string of the molecule is COc1ccc(C(O)c2cncn2C2CC2)cc1OC. The molecule has 1 atom stereocenters. The molecule has 2 aromatic rings. The Morgan fingerprint density at radius 1 is 1.25 bits per heavy atom. The van der Waals surface area contributed by atoms with Gasteiger partial charge in [-0.25, -0.2) is 4.98 Å². The van der Waals surface area contributed by atoms with Gasteiger partial charge in [0.25, 0.3) is 0 Å². The number of nitrogens with zero attached hydrogens (tertiary/aromatic N) is 2. The predicted octanol–water partition coefficient (Wildman–Crippen LogP) is 2.32. The maximum atomic E-state index is 10.6. The molecule has 0 radical (unpaired) electrons. The molecule has 1 aromatic heterocycles. The van der Waals surface area contributed by atoms with E-state index < -0.39 is 6.10 Å². The Bertz CT molecular complexity index is 605. The molecule has 5 heteroatoms. The van der Waals surface area contributed by atoms with Crippen LogP contribution >= 0.6 is 0 Å². The summed E-state index contributed by atoms with van der Waals surface area (Å²) in [6.07, 6.45) is 5.11. The highest BCUT2D eigenvalue weighted by atomic mass is 16.5. The zero-order valence-electron chi connectivity index (χ0n) is 11.6. The number of ether oxygens (including phenoxy) is 2. The van der Waals surface area contributed by atoms with Gasteiger partial charge < -0.3 is 19.1 Å². The van der Waals surface area contributed by atoms with Gasteiger partial charge in [0.2, 0.25) is 0 Å². The predicted molar refractivity (Wildman–Crippen MR) is 74.1 cm³/mol. The molecule has 20 heavy (non-hydrogen) atoms. The maximum Gasteiger partial charge on any atom is 0.161 e. The summed E-state index contributed by atoms with van der Waals surface area (Å²) in [6.45, 7) is 0. The fourth-order valence-electron chi connectivity index (χ4n) is 2.38. The third kappa shape index (κ3) is 2.25. The fourth-order valence-corrected chi connectivity index (χ4v) is 2.38. The van der Waals surface area contributed by atoms with Crippen molar-refractivity contribution in [3.8, 4) is 11.5 Å². The monoisotopic (exact) mass is 274 g/mol. The van der Waals surface area contributed by atoms with Crippen molar-refractivity contribution < 1.29 is 14.6 Å². The van der Waals surface area contributed by atoms with Crippen LogP contribution in [0.25, 0.3) is 0 Å². The van der Waals surface area contributed by atoms with E-state index in [1.54, 1.807) is 38.9 Å². The van der Waals surface area contributed by atoms with Crippen LogP contribution in [-0.2, 0) is 0 Å². The summed E-state index contributed by atoms with van der Waals surface area (Å²) in [7, 11) is 3.18. The first kappa shape index (κ1) is 13.0. The van der Waals surface area contributed by atoms with Gasteiger partial charge >= 0.3 is 0 Å². The molecule has 5 nitrogen and oxygen atoms in total. The van der Waals surface area contributed by atoms with Crippen molar-refractivity contribution in [1.29, 1.82) is 0 Å². The molecule has 0 spiro atoms. The molecule has 1 unspecified atom stereocenters. The van der Waals surface area contributed by atoms with E-state index in [4.69, 9.17) is 9.47 Å². The van der Waals surface area contributed by atoms with E-state index in [1.807, 2.05) is 6.07 Å². The summed E-state index contributed by atoms with van der Waals surface area (Å²) < 4.78 is 12.5. The molecule has 1 aliphatic rings. The largest absolute Gasteiger partial charge is 0.493 e. The van der Waals surface area contributed by atoms with E-state index in [0.717, 1.165) is 24.1 Å². The molecule has 0 bridgehead atoms. The van der Waals surface area contributed by atoms with Crippen LogP contribution in [0.15, 0.2) is 30.7 Å². The van der Waals surface area contributed by atoms with E-state index >= 15 is 0 Å². The summed E-state index contributed by atoms with van der Waals surface area (Å²) in [5, 5.41) is 10.6. The Balaban J connectivity index is 1.93. The third-order valence-corrected chi connectivity index (χ3v) is 3.64. The maximum absolute atomic E-state index is 10.6. The standard InChI is InChI=1S/C15H18N2O3/c1-19-13-6-3-10(7-14(13)20-2)15(18)12-8-16-9-17(12)11-4-5-11/h3,6-9,11,15,18H,4-5H2,1-2H3. The van der Waals surface area contributed by atoms with Crippen LogP contribution in [0.2, 0.25) is 0 Å². The molecular formula is C15H18N2O3. The van der Waals surface area contributed by atoms with Gasteiger partial charge in [0, 0.05) is 6.04 Å². The van der Waals surface area contributed by atoms with E-state index in [1.165, 1.54) is 0 Å². The van der Waals surface area contributed by atoms with Crippen molar-refractivity contribution in [3.63, 3.8) is 0 Å². The van der Waals surface area contributed by atoms with Crippen molar-refractivity contribution in [2.24, 2.45) is 0 Å². The number of aliphatic hydroxyl groups excluding tert-OH is 1. The van der Waals surface area contributed by atoms with Crippen LogP contribution in [0.4, 0.5) is 0 Å². The van der Waals surface area contributed by atoms with Crippen LogP contribution in [-0.4, -0.2) is 28.9 Å². The molecule has 1 saturated carbocycles. The third-order valence-electron chi connectivity index (χ3n) is 3.64. The Morgan fingerprint density at radius 3 is 2.65 bits per heavy atom. The van der Waals surface area contributed by atoms with Gasteiger partial charge in [-0.2, -0.15) is 0 Å². The number of hydrogen-bond acceptors (Lipinski definition) is 4. The summed E-state index contributed by atoms with van der Waals surface area (Å²) in [4.78, 5) is 4.15. The normalized spacial score (nSPS) is 15.9. The fraction of sp³-hybridized carbons (Fsp3) is 0.400. The lowest BCUT2D eigenvalue weighted by molar-refractivity contribution is 0.209. The lowest BCUT2D eigenvalue weighted by Gasteiger charge is -2.16. The van der Waals surface area contributed by atoms with Crippen LogP contribution in [0.3, 0.4) is 0 Å². The topological polar surface area (TPSA) is 56.5 Å². The van der Waals surface area contributed by atoms with Crippen molar-refractivity contribution in [1.82, 2.24) is 9.55 Å². The average Bonchev–Trinajstić information content (AvgIpc) is 3.22. The van der Waals surface area contributed by atoms with Crippen molar-refractivity contribution in [2.75, 3.05) is 14.2 Å². The first-order valence-electron chi connectivity index (χ1n) is 6.66. The second-order valence-corrected chi connectivity index (χ2v) is 4.97. The quantitative estimate of drug-likeness (QED) is 0.909. The molecule has 1 aromatic carbocycles. The second kappa shape index (κ2) is 5.17. The van der Waals surface area contributed by atoms with Gasteiger partial charge in [-0.15, -0.1) is 0 Å². The van der Waals surface area contributed by atoms with Gasteiger partial charge in [0.05, 0.1) is 32.4 Å². The van der Waals surface area contributed by atoms with Gasteiger partial charge in [-0.1, -0.05) is 6.07 Å². The highest BCUT2D eigenvalue weighted by Crippen LogP contribution is 2.38. The number of aliphatic hydroxyl groups is 1. The molecule has 0 aliphatic heterocycles. The molecule has 0 saturated heterocycles. The Hall–Kier alpha value is -2.01. The zero-order chi connectivity index (χ0) is 14.1. The minimum absolute atomic E-state index is 0.488. The summed E-state index contributed by atoms with van der Waals surface area (Å²) in [5.41, 5.74) is 1.59. The molecule has 1 N–H and O–H groups in total.